The quantitative estimate of drug-likeness (QED) is 0.165. The van der Waals surface area contributed by atoms with Gasteiger partial charge in [-0.1, -0.05) is 176 Å². The Kier molecular flexibility index (Phi) is 8.28. The summed E-state index contributed by atoms with van der Waals surface area (Å²) in [5.41, 5.74) is 23.7. The van der Waals surface area contributed by atoms with Gasteiger partial charge in [0.2, 0.25) is 0 Å². The minimum atomic E-state index is -0.700. The number of hydrogen-bond donors (Lipinski definition) is 0. The van der Waals surface area contributed by atoms with Crippen LogP contribution in [0.25, 0.3) is 88.7 Å². The highest BCUT2D eigenvalue weighted by Crippen LogP contribution is 2.64. The van der Waals surface area contributed by atoms with Gasteiger partial charge in [0.25, 0.3) is 11.2 Å². The van der Waals surface area contributed by atoms with Gasteiger partial charge < -0.3 is 14.1 Å². The van der Waals surface area contributed by atoms with Gasteiger partial charge in [-0.25, -0.2) is 0 Å². The molecule has 1 aromatic heterocycles. The molecule has 0 radical (unpaired) electrons. The van der Waals surface area contributed by atoms with E-state index in [-0.39, 0.29) is 0 Å². The van der Waals surface area contributed by atoms with Gasteiger partial charge in [-0.15, -0.1) is 0 Å². The maximum Gasteiger partial charge on any atom is 0.269 e. The molecule has 0 bridgehead atoms. The van der Waals surface area contributed by atoms with Crippen molar-refractivity contribution in [2.45, 2.75) is 5.41 Å². The average molecular weight is 893 g/mol. The Morgan fingerprint density at radius 2 is 0.843 bits per heavy atom. The van der Waals surface area contributed by atoms with Crippen LogP contribution in [0.2, 0.25) is 0 Å². The summed E-state index contributed by atoms with van der Waals surface area (Å²) < 4.78 is 12.0. The van der Waals surface area contributed by atoms with Crippen molar-refractivity contribution in [3.8, 4) is 78.3 Å². The zero-order chi connectivity index (χ0) is 45.9. The van der Waals surface area contributed by atoms with Gasteiger partial charge in [0.05, 0.1) is 16.2 Å². The molecule has 3 aliphatic rings. The molecule has 0 saturated heterocycles. The van der Waals surface area contributed by atoms with Gasteiger partial charge in [-0.2, -0.15) is 0 Å². The third-order valence-electron chi connectivity index (χ3n) is 15.2. The van der Waals surface area contributed by atoms with Gasteiger partial charge >= 0.3 is 0 Å². The van der Waals surface area contributed by atoms with Crippen molar-refractivity contribution in [3.05, 3.63) is 271 Å². The van der Waals surface area contributed by atoms with Crippen molar-refractivity contribution in [1.29, 1.82) is 0 Å². The van der Waals surface area contributed by atoms with Crippen LogP contribution in [0.5, 0.6) is 11.5 Å². The second kappa shape index (κ2) is 14.9. The number of hydrogen-bond acceptors (Lipinski definition) is 2. The van der Waals surface area contributed by atoms with Crippen molar-refractivity contribution in [2.24, 2.45) is 0 Å². The first kappa shape index (κ1) is 38.9. The molecule has 70 heavy (non-hydrogen) atoms. The summed E-state index contributed by atoms with van der Waals surface area (Å²) in [6.45, 7) is 0. The van der Waals surface area contributed by atoms with Crippen molar-refractivity contribution in [1.82, 2.24) is 0 Å². The number of para-hydroxylation sites is 2. The van der Waals surface area contributed by atoms with Crippen LogP contribution in [0.3, 0.4) is 0 Å². The summed E-state index contributed by atoms with van der Waals surface area (Å²) in [6, 6.07) is 91.2. The van der Waals surface area contributed by atoms with Crippen LogP contribution in [0.4, 0.5) is 17.1 Å². The molecule has 11 aromatic carbocycles. The largest absolute Gasteiger partial charge is 0.545 e. The van der Waals surface area contributed by atoms with Gasteiger partial charge in [0, 0.05) is 45.9 Å². The highest BCUT2D eigenvalue weighted by molar-refractivity contribution is 6.16. The van der Waals surface area contributed by atoms with E-state index in [4.69, 9.17) is 9.15 Å². The van der Waals surface area contributed by atoms with Crippen LogP contribution in [-0.4, -0.2) is 0 Å². The van der Waals surface area contributed by atoms with E-state index >= 15 is 0 Å². The molecule has 12 aromatic rings. The molecule has 1 atom stereocenters. The Hall–Kier alpha value is -9.18. The Balaban J connectivity index is 1.03. The molecule has 3 nitrogen and oxygen atoms in total. The SMILES string of the molecule is c1ccc(-c2ccc(N(c3ccc4c(c3)-c3ccccc3-c3ccccc3O4)c3ccc4c(c3)C3(c5ccccc5-c5ccccc5-4)c4ccccc4-c4c3ccc3[oH+]c5ccccc5c43)cc2)cc1. The molecule has 1 N–H and O–H groups in total. The summed E-state index contributed by atoms with van der Waals surface area (Å²) in [5.74, 6) is 1.68. The predicted molar refractivity (Wildman–Crippen MR) is 288 cm³/mol. The summed E-state index contributed by atoms with van der Waals surface area (Å²) in [4.78, 5) is 2.44. The fourth-order valence-electron chi connectivity index (χ4n) is 12.3. The number of ether oxygens (including phenoxy) is 1. The van der Waals surface area contributed by atoms with Gasteiger partial charge in [-0.05, 0) is 133 Å². The minimum Gasteiger partial charge on any atom is -0.545 e. The lowest BCUT2D eigenvalue weighted by Gasteiger charge is -2.36. The van der Waals surface area contributed by atoms with Crippen molar-refractivity contribution in [3.63, 3.8) is 0 Å². The smallest absolute Gasteiger partial charge is 0.269 e. The summed E-state index contributed by atoms with van der Waals surface area (Å²) >= 11 is 0. The lowest BCUT2D eigenvalue weighted by Crippen LogP contribution is -2.29. The number of fused-ring (bicyclic) bond motifs is 21. The van der Waals surface area contributed by atoms with E-state index < -0.39 is 5.41 Å². The Morgan fingerprint density at radius 1 is 0.314 bits per heavy atom. The predicted octanol–water partition coefficient (Wildman–Crippen LogP) is 18.3. The number of rotatable bonds is 4. The average Bonchev–Trinajstić information content (AvgIpc) is 3.88. The van der Waals surface area contributed by atoms with Crippen LogP contribution >= 0.6 is 0 Å². The fraction of sp³-hybridized carbons (Fsp3) is 0.0149. The Bertz CT molecular complexity index is 4110. The molecule has 326 valence electrons. The van der Waals surface area contributed by atoms with E-state index in [0.717, 1.165) is 62.0 Å². The Labute approximate surface area is 405 Å². The standard InChI is InChI=1S/C67H41NO2/c1-2-16-42(17-3-1)43-30-32-44(33-31-43)68(45-35-38-63-56(40-45)50-21-7-6-20-49(50)53-23-10-14-28-61(53)69-63)46-34-36-52-48-19-5-4-18-47(48)51-22-8-12-26-57(51)67(60(52)41-46)58-27-13-9-24-54(58)65-59(67)37-39-64-66(65)55-25-11-15-29-62(55)70-64/h1-41H/p+1. The molecular formula is C67H42NO2+. The minimum absolute atomic E-state index is 0.700. The van der Waals surface area contributed by atoms with Crippen molar-refractivity contribution >= 4 is 39.0 Å². The van der Waals surface area contributed by atoms with E-state index in [1.54, 1.807) is 0 Å². The second-order valence-electron chi connectivity index (χ2n) is 18.7. The number of benzene rings is 11. The molecule has 1 spiro atoms. The van der Waals surface area contributed by atoms with E-state index in [0.29, 0.717) is 0 Å². The first-order valence-corrected chi connectivity index (χ1v) is 24.1. The van der Waals surface area contributed by atoms with Crippen LogP contribution in [0, 0.1) is 0 Å². The number of anilines is 3. The molecule has 2 aliphatic carbocycles. The third-order valence-corrected chi connectivity index (χ3v) is 15.2. The molecule has 0 saturated carbocycles. The van der Waals surface area contributed by atoms with E-state index in [9.17, 15) is 0 Å². The van der Waals surface area contributed by atoms with Gasteiger partial charge in [0.1, 0.15) is 11.5 Å². The number of nitrogens with zero attached hydrogens (tertiary/aromatic N) is 1. The van der Waals surface area contributed by atoms with Gasteiger partial charge in [-0.3, -0.25) is 0 Å². The summed E-state index contributed by atoms with van der Waals surface area (Å²) in [6.07, 6.45) is 0. The molecule has 3 heteroatoms. The molecule has 0 amide bonds. The number of furan rings is 1. The molecule has 0 fully saturated rings. The van der Waals surface area contributed by atoms with Gasteiger partial charge in [0.15, 0.2) is 0 Å². The Morgan fingerprint density at radius 3 is 1.61 bits per heavy atom. The van der Waals surface area contributed by atoms with Crippen LogP contribution in [-0.2, 0) is 5.41 Å². The maximum atomic E-state index is 6.81. The van der Waals surface area contributed by atoms with Crippen molar-refractivity contribution in [2.75, 3.05) is 4.90 Å². The maximum absolute atomic E-state index is 6.81. The highest BCUT2D eigenvalue weighted by atomic mass is 16.5. The highest BCUT2D eigenvalue weighted by Gasteiger charge is 2.51. The molecule has 2 heterocycles. The monoisotopic (exact) mass is 892 g/mol. The topological polar surface area (TPSA) is 25.3 Å². The molecule has 1 unspecified atom stereocenters. The zero-order valence-electron chi connectivity index (χ0n) is 38.0. The lowest BCUT2D eigenvalue weighted by molar-refractivity contribution is 0.488. The van der Waals surface area contributed by atoms with Crippen LogP contribution < -0.4 is 9.64 Å². The zero-order valence-corrected chi connectivity index (χ0v) is 38.0. The fourth-order valence-corrected chi connectivity index (χ4v) is 12.3. The first-order valence-electron chi connectivity index (χ1n) is 24.1. The summed E-state index contributed by atoms with van der Waals surface area (Å²) in [7, 11) is 0. The molecular weight excluding hydrogens is 851 g/mol. The van der Waals surface area contributed by atoms with E-state index in [1.807, 2.05) is 6.07 Å². The van der Waals surface area contributed by atoms with Crippen LogP contribution in [0.15, 0.2) is 253 Å². The van der Waals surface area contributed by atoms with Crippen LogP contribution in [0.1, 0.15) is 22.3 Å². The third kappa shape index (κ3) is 5.46. The normalized spacial score (nSPS) is 14.5. The van der Waals surface area contributed by atoms with Crippen molar-refractivity contribution < 1.29 is 9.15 Å². The molecule has 15 rings (SSSR count). The van der Waals surface area contributed by atoms with E-state index in [1.165, 1.54) is 77.5 Å². The first-order chi connectivity index (χ1) is 34.7. The second-order valence-corrected chi connectivity index (χ2v) is 18.7. The van der Waals surface area contributed by atoms with E-state index in [2.05, 4.69) is 248 Å². The lowest BCUT2D eigenvalue weighted by atomic mass is 9.65. The molecule has 1 aliphatic heterocycles. The summed E-state index contributed by atoms with van der Waals surface area (Å²) in [5, 5.41) is 2.39.